The third-order valence-corrected chi connectivity index (χ3v) is 6.89. The van der Waals surface area contributed by atoms with Crippen LogP contribution >= 0.6 is 11.3 Å². The Bertz CT molecular complexity index is 1390. The summed E-state index contributed by atoms with van der Waals surface area (Å²) in [6, 6.07) is 5.96. The maximum absolute atomic E-state index is 14.7. The van der Waals surface area contributed by atoms with Crippen LogP contribution in [-0.4, -0.2) is 69.0 Å². The molecule has 0 bridgehead atoms. The SMILES string of the molecule is CN1CC[C@@H](Nc2cccc3c2cc(-c2nc(CNC(=O)c4cncs4)no2)n3CC(F)(F)F)[C@@H](F)C1. The molecule has 0 radical (unpaired) electrons. The zero-order valence-electron chi connectivity index (χ0n) is 19.6. The summed E-state index contributed by atoms with van der Waals surface area (Å²) < 4.78 is 61.6. The lowest BCUT2D eigenvalue weighted by molar-refractivity contribution is -0.139. The molecule has 4 aromatic rings. The van der Waals surface area contributed by atoms with Crippen LogP contribution in [0.4, 0.5) is 23.2 Å². The fourth-order valence-electron chi connectivity index (χ4n) is 4.36. The van der Waals surface area contributed by atoms with Crippen LogP contribution in [-0.2, 0) is 13.1 Å². The van der Waals surface area contributed by atoms with Gasteiger partial charge in [-0.1, -0.05) is 11.2 Å². The Hall–Kier alpha value is -3.52. The molecule has 0 aliphatic carbocycles. The lowest BCUT2D eigenvalue weighted by Crippen LogP contribution is -2.46. The lowest BCUT2D eigenvalue weighted by atomic mass is 10.0. The molecule has 1 aliphatic heterocycles. The summed E-state index contributed by atoms with van der Waals surface area (Å²) in [5.74, 6) is -0.409. The van der Waals surface area contributed by atoms with Crippen molar-refractivity contribution in [1.29, 1.82) is 0 Å². The molecule has 14 heteroatoms. The highest BCUT2D eigenvalue weighted by atomic mass is 32.1. The number of piperidine rings is 1. The van der Waals surface area contributed by atoms with Gasteiger partial charge in [-0.15, -0.1) is 11.3 Å². The fourth-order valence-corrected chi connectivity index (χ4v) is 4.90. The van der Waals surface area contributed by atoms with Crippen LogP contribution < -0.4 is 10.6 Å². The number of thiazole rings is 1. The van der Waals surface area contributed by atoms with E-state index in [1.54, 1.807) is 18.2 Å². The quantitative estimate of drug-likeness (QED) is 0.343. The summed E-state index contributed by atoms with van der Waals surface area (Å²) >= 11 is 1.16. The number of hydrogen-bond donors (Lipinski definition) is 2. The van der Waals surface area contributed by atoms with Crippen LogP contribution in [0.5, 0.6) is 0 Å². The van der Waals surface area contributed by atoms with E-state index in [0.29, 0.717) is 34.4 Å². The zero-order chi connectivity index (χ0) is 26.2. The van der Waals surface area contributed by atoms with Crippen LogP contribution in [0, 0.1) is 0 Å². The molecular weight excluding hydrogens is 514 g/mol. The highest BCUT2D eigenvalue weighted by Crippen LogP contribution is 2.35. The Balaban J connectivity index is 1.45. The van der Waals surface area contributed by atoms with Crippen molar-refractivity contribution in [2.24, 2.45) is 0 Å². The van der Waals surface area contributed by atoms with Crippen molar-refractivity contribution in [3.8, 4) is 11.6 Å². The van der Waals surface area contributed by atoms with Crippen LogP contribution in [0.1, 0.15) is 21.9 Å². The van der Waals surface area contributed by atoms with Crippen molar-refractivity contribution < 1.29 is 26.9 Å². The Kier molecular flexibility index (Phi) is 6.86. The van der Waals surface area contributed by atoms with E-state index >= 15 is 0 Å². The van der Waals surface area contributed by atoms with E-state index in [9.17, 15) is 22.4 Å². The van der Waals surface area contributed by atoms with Gasteiger partial charge in [-0.2, -0.15) is 18.2 Å². The molecule has 1 saturated heterocycles. The molecule has 37 heavy (non-hydrogen) atoms. The molecule has 2 atom stereocenters. The number of rotatable bonds is 7. The predicted octanol–water partition coefficient (Wildman–Crippen LogP) is 4.09. The number of nitrogens with zero attached hydrogens (tertiary/aromatic N) is 5. The maximum atomic E-state index is 14.7. The van der Waals surface area contributed by atoms with Gasteiger partial charge in [-0.05, 0) is 31.7 Å². The summed E-state index contributed by atoms with van der Waals surface area (Å²) in [6.45, 7) is -0.382. The van der Waals surface area contributed by atoms with Gasteiger partial charge in [-0.25, -0.2) is 4.39 Å². The minimum Gasteiger partial charge on any atom is -0.379 e. The van der Waals surface area contributed by atoms with Crippen LogP contribution in [0.3, 0.4) is 0 Å². The summed E-state index contributed by atoms with van der Waals surface area (Å²) in [5, 5.41) is 10.1. The second-order valence-corrected chi connectivity index (χ2v) is 9.74. The normalized spacial score (nSPS) is 18.8. The molecule has 3 aromatic heterocycles. The van der Waals surface area contributed by atoms with Gasteiger partial charge in [0.05, 0.1) is 29.8 Å². The van der Waals surface area contributed by atoms with E-state index in [1.807, 2.05) is 11.9 Å². The van der Waals surface area contributed by atoms with Gasteiger partial charge in [0.2, 0.25) is 0 Å². The number of carbonyl (C=O) groups excluding carboxylic acids is 1. The van der Waals surface area contributed by atoms with E-state index in [1.165, 1.54) is 17.8 Å². The van der Waals surface area contributed by atoms with E-state index in [2.05, 4.69) is 25.8 Å². The Morgan fingerprint density at radius 2 is 2.16 bits per heavy atom. The minimum atomic E-state index is -4.52. The third-order valence-electron chi connectivity index (χ3n) is 6.12. The van der Waals surface area contributed by atoms with Gasteiger partial charge in [0, 0.05) is 24.2 Å². The maximum Gasteiger partial charge on any atom is 0.406 e. The summed E-state index contributed by atoms with van der Waals surface area (Å²) in [5.41, 5.74) is 2.39. The smallest absolute Gasteiger partial charge is 0.379 e. The first-order valence-corrected chi connectivity index (χ1v) is 12.3. The number of aromatic nitrogens is 4. The van der Waals surface area contributed by atoms with Crippen LogP contribution in [0.25, 0.3) is 22.5 Å². The van der Waals surface area contributed by atoms with Gasteiger partial charge in [-0.3, -0.25) is 9.78 Å². The number of halogens is 4. The van der Waals surface area contributed by atoms with E-state index in [4.69, 9.17) is 4.52 Å². The van der Waals surface area contributed by atoms with Gasteiger partial charge in [0.15, 0.2) is 5.82 Å². The molecule has 0 saturated carbocycles. The number of alkyl halides is 4. The zero-order valence-corrected chi connectivity index (χ0v) is 20.4. The number of benzene rings is 1. The van der Waals surface area contributed by atoms with Crippen molar-refractivity contribution in [2.75, 3.05) is 25.5 Å². The average molecular weight is 538 g/mol. The number of amides is 1. The second kappa shape index (κ2) is 10.1. The van der Waals surface area contributed by atoms with Crippen LogP contribution in [0.15, 0.2) is 40.5 Å². The predicted molar refractivity (Wildman–Crippen MR) is 129 cm³/mol. The first-order chi connectivity index (χ1) is 17.7. The number of hydrogen-bond acceptors (Lipinski definition) is 8. The Morgan fingerprint density at radius 1 is 1.32 bits per heavy atom. The number of fused-ring (bicyclic) bond motifs is 1. The molecule has 1 fully saturated rings. The standard InChI is InChI=1S/C23H23F4N7O2S/c1-33-6-5-16(14(24)10-33)30-15-3-2-4-17-13(15)7-18(34(17)11-23(25,26)27)22-31-20(32-36-22)9-29-21(35)19-8-28-12-37-19/h2-4,7-8,12,14,16,30H,5-6,9-11H2,1H3,(H,29,35)/t14-,16+/m0/s1. The number of nitrogens with one attached hydrogen (secondary N) is 2. The summed E-state index contributed by atoms with van der Waals surface area (Å²) in [7, 11) is 1.84. The van der Waals surface area contributed by atoms with Crippen molar-refractivity contribution in [3.63, 3.8) is 0 Å². The molecule has 1 aliphatic rings. The molecule has 0 spiro atoms. The molecule has 9 nitrogen and oxygen atoms in total. The fraction of sp³-hybridized carbons (Fsp3) is 0.391. The summed E-state index contributed by atoms with van der Waals surface area (Å²) in [6.07, 6.45) is -3.66. The molecule has 196 valence electrons. The number of anilines is 1. The van der Waals surface area contributed by atoms with Crippen molar-refractivity contribution in [3.05, 3.63) is 46.7 Å². The second-order valence-electron chi connectivity index (χ2n) is 8.85. The van der Waals surface area contributed by atoms with Gasteiger partial charge in [0.1, 0.15) is 23.3 Å². The highest BCUT2D eigenvalue weighted by molar-refractivity contribution is 7.11. The average Bonchev–Trinajstić information content (AvgIpc) is 3.59. The molecule has 0 unspecified atom stereocenters. The van der Waals surface area contributed by atoms with Gasteiger partial charge < -0.3 is 24.6 Å². The van der Waals surface area contributed by atoms with E-state index in [-0.39, 0.29) is 36.4 Å². The topological polar surface area (TPSA) is 101 Å². The monoisotopic (exact) mass is 537 g/mol. The van der Waals surface area contributed by atoms with Crippen molar-refractivity contribution >= 4 is 33.8 Å². The third kappa shape index (κ3) is 5.59. The molecular formula is C23H23F4N7O2S. The first-order valence-electron chi connectivity index (χ1n) is 11.5. The van der Waals surface area contributed by atoms with Crippen molar-refractivity contribution in [2.45, 2.75) is 37.9 Å². The minimum absolute atomic E-state index is 0.0642. The van der Waals surface area contributed by atoms with Gasteiger partial charge in [0.25, 0.3) is 11.8 Å². The lowest BCUT2D eigenvalue weighted by Gasteiger charge is -2.33. The molecule has 1 amide bonds. The first kappa shape index (κ1) is 25.1. The Labute approximate surface area is 212 Å². The number of carbonyl (C=O) groups is 1. The van der Waals surface area contributed by atoms with Crippen LogP contribution in [0.2, 0.25) is 0 Å². The molecule has 1 aromatic carbocycles. The molecule has 5 rings (SSSR count). The van der Waals surface area contributed by atoms with Gasteiger partial charge >= 0.3 is 6.18 Å². The largest absolute Gasteiger partial charge is 0.406 e. The van der Waals surface area contributed by atoms with E-state index < -0.39 is 24.9 Å². The molecule has 2 N–H and O–H groups in total. The Morgan fingerprint density at radius 3 is 2.89 bits per heavy atom. The highest BCUT2D eigenvalue weighted by Gasteiger charge is 2.32. The van der Waals surface area contributed by atoms with Crippen molar-refractivity contribution in [1.82, 2.24) is 29.9 Å². The van der Waals surface area contributed by atoms with E-state index in [0.717, 1.165) is 15.9 Å². The summed E-state index contributed by atoms with van der Waals surface area (Å²) in [4.78, 5) is 22.5. The molecule has 4 heterocycles. The number of likely N-dealkylation sites (tertiary alicyclic amines) is 1.